The highest BCUT2D eigenvalue weighted by atomic mass is 16.8. The molecule has 5 nitrogen and oxygen atoms in total. The van der Waals surface area contributed by atoms with Crippen molar-refractivity contribution >= 4 is 0 Å². The van der Waals surface area contributed by atoms with E-state index >= 15 is 0 Å². The Balaban J connectivity index is 2.18. The zero-order chi connectivity index (χ0) is 11.2. The summed E-state index contributed by atoms with van der Waals surface area (Å²) < 4.78 is 21.9. The van der Waals surface area contributed by atoms with Gasteiger partial charge in [-0.3, -0.25) is 0 Å². The minimum absolute atomic E-state index is 0.311. The van der Waals surface area contributed by atoms with E-state index in [-0.39, 0.29) is 18.3 Å². The predicted molar refractivity (Wildman–Crippen MR) is 51.2 cm³/mol. The van der Waals surface area contributed by atoms with Crippen molar-refractivity contribution in [2.75, 3.05) is 7.11 Å². The molecule has 5 atom stereocenters. The van der Waals surface area contributed by atoms with Crippen LogP contribution in [0.15, 0.2) is 0 Å². The van der Waals surface area contributed by atoms with Gasteiger partial charge in [0.2, 0.25) is 0 Å². The number of rotatable bonds is 1. The van der Waals surface area contributed by atoms with Crippen LogP contribution in [0.4, 0.5) is 0 Å². The zero-order valence-corrected chi connectivity index (χ0v) is 9.47. The van der Waals surface area contributed by atoms with Gasteiger partial charge >= 0.3 is 0 Å². The van der Waals surface area contributed by atoms with E-state index in [1.54, 1.807) is 14.0 Å². The van der Waals surface area contributed by atoms with E-state index in [1.165, 1.54) is 0 Å². The van der Waals surface area contributed by atoms with Crippen LogP contribution in [-0.2, 0) is 18.9 Å². The molecule has 88 valence electrons. The molecule has 2 heterocycles. The molecule has 2 fully saturated rings. The average Bonchev–Trinajstić information content (AvgIpc) is 2.48. The summed E-state index contributed by atoms with van der Waals surface area (Å²) in [5, 5.41) is 9.91. The van der Waals surface area contributed by atoms with Gasteiger partial charge in [0.05, 0.1) is 6.10 Å². The summed E-state index contributed by atoms with van der Waals surface area (Å²) >= 11 is 0. The van der Waals surface area contributed by atoms with Gasteiger partial charge in [0.1, 0.15) is 18.3 Å². The number of ether oxygens (including phenoxy) is 4. The first-order valence-corrected chi connectivity index (χ1v) is 5.16. The van der Waals surface area contributed by atoms with E-state index in [0.717, 1.165) is 0 Å². The summed E-state index contributed by atoms with van der Waals surface area (Å²) in [5.41, 5.74) is 0. The summed E-state index contributed by atoms with van der Waals surface area (Å²) in [6.45, 7) is 5.42. The first-order chi connectivity index (χ1) is 6.94. The van der Waals surface area contributed by atoms with Gasteiger partial charge in [-0.1, -0.05) is 0 Å². The maximum absolute atomic E-state index is 9.91. The highest BCUT2D eigenvalue weighted by Gasteiger charge is 2.54. The summed E-state index contributed by atoms with van der Waals surface area (Å²) in [4.78, 5) is 0. The fourth-order valence-corrected chi connectivity index (χ4v) is 2.12. The Morgan fingerprint density at radius 2 is 1.80 bits per heavy atom. The minimum atomic E-state index is -0.694. The van der Waals surface area contributed by atoms with Crippen molar-refractivity contribution in [2.45, 2.75) is 57.3 Å². The summed E-state index contributed by atoms with van der Waals surface area (Å²) in [7, 11) is 1.56. The number of hydrogen-bond acceptors (Lipinski definition) is 5. The molecule has 0 aromatic carbocycles. The van der Waals surface area contributed by atoms with Crippen LogP contribution in [0.5, 0.6) is 0 Å². The lowest BCUT2D eigenvalue weighted by Crippen LogP contribution is -2.55. The first kappa shape index (κ1) is 11.3. The van der Waals surface area contributed by atoms with Crippen molar-refractivity contribution in [3.05, 3.63) is 0 Å². The van der Waals surface area contributed by atoms with E-state index in [1.807, 2.05) is 13.8 Å². The molecule has 2 rings (SSSR count). The molecule has 0 spiro atoms. The van der Waals surface area contributed by atoms with Gasteiger partial charge in [0.15, 0.2) is 12.1 Å². The Kier molecular flexibility index (Phi) is 2.77. The molecular formula is C10H18O5. The third-order valence-electron chi connectivity index (χ3n) is 2.83. The van der Waals surface area contributed by atoms with Crippen molar-refractivity contribution in [1.29, 1.82) is 0 Å². The van der Waals surface area contributed by atoms with E-state index in [0.29, 0.717) is 0 Å². The molecule has 0 aromatic rings. The summed E-state index contributed by atoms with van der Waals surface area (Å²) in [6.07, 6.45) is -2.21. The summed E-state index contributed by atoms with van der Waals surface area (Å²) in [6, 6.07) is 0. The Morgan fingerprint density at radius 1 is 1.20 bits per heavy atom. The van der Waals surface area contributed by atoms with Gasteiger partial charge in [-0.05, 0) is 20.8 Å². The molecule has 2 aliphatic heterocycles. The quantitative estimate of drug-likeness (QED) is 0.684. The minimum Gasteiger partial charge on any atom is -0.388 e. The Hall–Kier alpha value is -0.200. The van der Waals surface area contributed by atoms with Crippen LogP contribution < -0.4 is 0 Å². The van der Waals surface area contributed by atoms with E-state index < -0.39 is 18.2 Å². The molecule has 0 bridgehead atoms. The van der Waals surface area contributed by atoms with Crippen LogP contribution in [0.3, 0.4) is 0 Å². The Bertz CT molecular complexity index is 234. The summed E-state index contributed by atoms with van der Waals surface area (Å²) in [5.74, 6) is -0.694. The highest BCUT2D eigenvalue weighted by Crippen LogP contribution is 2.37. The number of aliphatic hydroxyl groups is 1. The Morgan fingerprint density at radius 3 is 2.40 bits per heavy atom. The van der Waals surface area contributed by atoms with Crippen molar-refractivity contribution < 1.29 is 24.1 Å². The lowest BCUT2D eigenvalue weighted by molar-refractivity contribution is -0.262. The molecule has 0 saturated carbocycles. The van der Waals surface area contributed by atoms with E-state index in [4.69, 9.17) is 18.9 Å². The Labute approximate surface area is 89.3 Å². The fourth-order valence-electron chi connectivity index (χ4n) is 2.12. The van der Waals surface area contributed by atoms with Gasteiger partial charge in [0, 0.05) is 7.11 Å². The molecule has 0 aromatic heterocycles. The normalized spacial score (nSPS) is 49.0. The lowest BCUT2D eigenvalue weighted by Gasteiger charge is -2.37. The van der Waals surface area contributed by atoms with Gasteiger partial charge < -0.3 is 24.1 Å². The van der Waals surface area contributed by atoms with Crippen LogP contribution in [0.2, 0.25) is 0 Å². The zero-order valence-electron chi connectivity index (χ0n) is 9.47. The van der Waals surface area contributed by atoms with Crippen LogP contribution in [0.25, 0.3) is 0 Å². The molecule has 1 N–H and O–H groups in total. The lowest BCUT2D eigenvalue weighted by atomic mass is 10.0. The largest absolute Gasteiger partial charge is 0.388 e. The van der Waals surface area contributed by atoms with Crippen LogP contribution in [0, 0.1) is 0 Å². The third-order valence-corrected chi connectivity index (χ3v) is 2.83. The monoisotopic (exact) mass is 218 g/mol. The van der Waals surface area contributed by atoms with Crippen LogP contribution in [-0.4, -0.2) is 48.7 Å². The molecule has 2 aliphatic rings. The van der Waals surface area contributed by atoms with E-state index in [9.17, 15) is 5.11 Å². The average molecular weight is 218 g/mol. The molecule has 0 radical (unpaired) electrons. The molecular weight excluding hydrogens is 200 g/mol. The topological polar surface area (TPSA) is 57.2 Å². The van der Waals surface area contributed by atoms with Crippen LogP contribution >= 0.6 is 0 Å². The third kappa shape index (κ3) is 1.90. The second-order valence-electron chi connectivity index (χ2n) is 4.50. The molecule has 0 aliphatic carbocycles. The maximum atomic E-state index is 9.91. The van der Waals surface area contributed by atoms with Gasteiger partial charge in [-0.2, -0.15) is 0 Å². The SMILES string of the molecule is CO[C@H]1OC(C)[C@@H](O)[C@@H]2OC(C)(C)OC12. The smallest absolute Gasteiger partial charge is 0.186 e. The van der Waals surface area contributed by atoms with Crippen molar-refractivity contribution in [3.8, 4) is 0 Å². The number of aliphatic hydroxyl groups excluding tert-OH is 1. The number of fused-ring (bicyclic) bond motifs is 1. The number of methoxy groups -OCH3 is 1. The number of hydrogen-bond donors (Lipinski definition) is 1. The molecule has 2 saturated heterocycles. The van der Waals surface area contributed by atoms with Crippen molar-refractivity contribution in [3.63, 3.8) is 0 Å². The van der Waals surface area contributed by atoms with Crippen LogP contribution in [0.1, 0.15) is 20.8 Å². The molecule has 0 amide bonds. The van der Waals surface area contributed by atoms with Gasteiger partial charge in [-0.25, -0.2) is 0 Å². The fraction of sp³-hybridized carbons (Fsp3) is 1.00. The second-order valence-corrected chi connectivity index (χ2v) is 4.50. The predicted octanol–water partition coefficient (Wildman–Crippen LogP) is 0.259. The highest BCUT2D eigenvalue weighted by molar-refractivity contribution is 4.94. The second kappa shape index (κ2) is 3.68. The first-order valence-electron chi connectivity index (χ1n) is 5.16. The molecule has 5 heteroatoms. The standard InChI is InChI=1S/C10H18O5/c1-5-6(11)7-8(9(12-4)13-5)15-10(2,3)14-7/h5-9,11H,1-4H3/t5?,6-,7+,8?,9+/m1/s1. The van der Waals surface area contributed by atoms with Crippen molar-refractivity contribution in [1.82, 2.24) is 0 Å². The van der Waals surface area contributed by atoms with E-state index in [2.05, 4.69) is 0 Å². The maximum Gasteiger partial charge on any atom is 0.186 e. The van der Waals surface area contributed by atoms with Crippen molar-refractivity contribution in [2.24, 2.45) is 0 Å². The van der Waals surface area contributed by atoms with Gasteiger partial charge in [-0.15, -0.1) is 0 Å². The molecule has 15 heavy (non-hydrogen) atoms. The molecule has 2 unspecified atom stereocenters. The van der Waals surface area contributed by atoms with Gasteiger partial charge in [0.25, 0.3) is 0 Å².